The molecule has 0 bridgehead atoms. The smallest absolute Gasteiger partial charge is 0.306 e. The van der Waals surface area contributed by atoms with Gasteiger partial charge in [-0.15, -0.1) is 0 Å². The van der Waals surface area contributed by atoms with Gasteiger partial charge in [-0.2, -0.15) is 0 Å². The summed E-state index contributed by atoms with van der Waals surface area (Å²) in [4.78, 5) is 26.0. The number of rotatable bonds is 52. The summed E-state index contributed by atoms with van der Waals surface area (Å²) in [5, 5.41) is 72.5. The Labute approximate surface area is 484 Å². The number of unbranched alkanes of at least 4 members (excludes halogenated alkanes) is 30. The number of hydrogen-bond donors (Lipinski definition) is 7. The van der Waals surface area contributed by atoms with Crippen molar-refractivity contribution in [1.29, 1.82) is 0 Å². The topological polar surface area (TPSA) is 231 Å². The van der Waals surface area contributed by atoms with E-state index in [-0.39, 0.29) is 26.1 Å². The minimum absolute atomic E-state index is 0.162. The van der Waals surface area contributed by atoms with Gasteiger partial charge in [0.2, 0.25) is 0 Å². The average molecular weight is 1140 g/mol. The van der Waals surface area contributed by atoms with Crippen LogP contribution in [-0.4, -0.2) is 142 Å². The molecule has 80 heavy (non-hydrogen) atoms. The number of esters is 2. The predicted molar refractivity (Wildman–Crippen MR) is 317 cm³/mol. The number of aliphatic hydroxyl groups is 7. The molecule has 2 fully saturated rings. The van der Waals surface area contributed by atoms with E-state index >= 15 is 0 Å². The third-order valence-corrected chi connectivity index (χ3v) is 15.3. The van der Waals surface area contributed by atoms with Crippen molar-refractivity contribution < 1.29 is 73.8 Å². The van der Waals surface area contributed by atoms with E-state index in [0.29, 0.717) is 12.8 Å². The summed E-state index contributed by atoms with van der Waals surface area (Å²) in [6.45, 7) is 2.61. The van der Waals surface area contributed by atoms with Crippen molar-refractivity contribution in [3.63, 3.8) is 0 Å². The summed E-state index contributed by atoms with van der Waals surface area (Å²) in [6, 6.07) is 0. The zero-order valence-corrected chi connectivity index (χ0v) is 50.1. The van der Waals surface area contributed by atoms with Gasteiger partial charge in [0.1, 0.15) is 55.4 Å². The van der Waals surface area contributed by atoms with E-state index in [2.05, 4.69) is 62.5 Å². The van der Waals surface area contributed by atoms with Crippen molar-refractivity contribution in [1.82, 2.24) is 0 Å². The zero-order chi connectivity index (χ0) is 58.1. The fourth-order valence-corrected chi connectivity index (χ4v) is 10.0. The van der Waals surface area contributed by atoms with Gasteiger partial charge in [-0.3, -0.25) is 9.59 Å². The van der Waals surface area contributed by atoms with Gasteiger partial charge >= 0.3 is 11.9 Å². The number of allylic oxidation sites excluding steroid dienone is 8. The van der Waals surface area contributed by atoms with E-state index in [4.69, 9.17) is 28.4 Å². The maximum Gasteiger partial charge on any atom is 0.306 e. The first kappa shape index (κ1) is 73.6. The van der Waals surface area contributed by atoms with Crippen LogP contribution in [0.2, 0.25) is 0 Å². The van der Waals surface area contributed by atoms with E-state index in [1.54, 1.807) is 0 Å². The van der Waals surface area contributed by atoms with E-state index < -0.39 is 92.7 Å². The number of ether oxygens (including phenoxy) is 6. The molecule has 2 heterocycles. The molecule has 0 radical (unpaired) electrons. The lowest BCUT2D eigenvalue weighted by Crippen LogP contribution is -2.61. The molecule has 11 atom stereocenters. The molecule has 15 heteroatoms. The molecule has 0 spiro atoms. The summed E-state index contributed by atoms with van der Waals surface area (Å²) in [7, 11) is 0. The minimum Gasteiger partial charge on any atom is -0.462 e. The van der Waals surface area contributed by atoms with Gasteiger partial charge in [0.05, 0.1) is 19.8 Å². The first-order valence-electron chi connectivity index (χ1n) is 32.2. The van der Waals surface area contributed by atoms with Crippen LogP contribution in [-0.2, 0) is 38.0 Å². The largest absolute Gasteiger partial charge is 0.462 e. The summed E-state index contributed by atoms with van der Waals surface area (Å²) in [5.41, 5.74) is 0. The Bertz CT molecular complexity index is 1570. The first-order chi connectivity index (χ1) is 39.0. The van der Waals surface area contributed by atoms with Gasteiger partial charge in [-0.25, -0.2) is 0 Å². The zero-order valence-electron chi connectivity index (χ0n) is 50.1. The highest BCUT2D eigenvalue weighted by Crippen LogP contribution is 2.27. The quantitative estimate of drug-likeness (QED) is 0.0171. The van der Waals surface area contributed by atoms with Crippen LogP contribution < -0.4 is 0 Å². The Morgan fingerprint density at radius 1 is 0.400 bits per heavy atom. The van der Waals surface area contributed by atoms with Crippen LogP contribution >= 0.6 is 0 Å². The molecule has 2 aliphatic rings. The monoisotopic (exact) mass is 1140 g/mol. The summed E-state index contributed by atoms with van der Waals surface area (Å²) in [5.74, 6) is -0.923. The van der Waals surface area contributed by atoms with Crippen molar-refractivity contribution in [3.05, 3.63) is 48.6 Å². The second kappa shape index (κ2) is 50.9. The molecule has 2 saturated heterocycles. The molecular formula is C65H116O15. The van der Waals surface area contributed by atoms with Gasteiger partial charge in [0.15, 0.2) is 18.7 Å². The van der Waals surface area contributed by atoms with Crippen molar-refractivity contribution in [3.8, 4) is 0 Å². The lowest BCUT2D eigenvalue weighted by molar-refractivity contribution is -0.332. The number of hydrogen-bond acceptors (Lipinski definition) is 15. The molecule has 2 aliphatic heterocycles. The normalized spacial score (nSPS) is 24.0. The first-order valence-corrected chi connectivity index (χ1v) is 32.2. The van der Waals surface area contributed by atoms with Gasteiger partial charge in [0, 0.05) is 12.8 Å². The van der Waals surface area contributed by atoms with Crippen LogP contribution in [0.1, 0.15) is 258 Å². The summed E-state index contributed by atoms with van der Waals surface area (Å²) >= 11 is 0. The minimum atomic E-state index is -1.77. The number of carbonyl (C=O) groups is 2. The fraction of sp³-hybridized carbons (Fsp3) is 0.846. The van der Waals surface area contributed by atoms with Crippen LogP contribution in [0.15, 0.2) is 48.6 Å². The SMILES string of the molecule is CCCCCCC/C=C\C/C=C\CCCCCCCCCCCCCC(=O)OC(COC(=O)CCCCCCCCCCC/C=C\C/C=C\CCCCCCC)COC1OC(COC2OC(CO)C(O)C(O)C2O)C(O)C(O)C1O. The molecule has 2 rings (SSSR count). The van der Waals surface area contributed by atoms with Gasteiger partial charge < -0.3 is 64.2 Å². The lowest BCUT2D eigenvalue weighted by atomic mass is 9.98. The molecule has 0 saturated carbocycles. The Morgan fingerprint density at radius 2 is 0.750 bits per heavy atom. The van der Waals surface area contributed by atoms with E-state index in [1.165, 1.54) is 154 Å². The second-order valence-electron chi connectivity index (χ2n) is 22.6. The van der Waals surface area contributed by atoms with E-state index in [1.807, 2.05) is 0 Å². The van der Waals surface area contributed by atoms with Crippen molar-refractivity contribution in [2.75, 3.05) is 26.4 Å². The maximum atomic E-state index is 13.1. The predicted octanol–water partition coefficient (Wildman–Crippen LogP) is 12.2. The standard InChI is InChI=1S/C65H116O15/c1-3-5-7-9-11-13-15-17-19-21-23-25-26-28-30-32-34-36-38-40-42-44-46-48-57(68)78-53(51-76-64-63(74)61(72)59(70)55(80-64)52-77-65-62(73)60(71)58(69)54(49-66)79-65)50-75-56(67)47-45-43-41-39-37-35-33-31-29-27-24-22-20-18-16-14-12-10-8-6-4-2/h15-18,21-24,53-55,58-66,69-74H,3-14,19-20,25-52H2,1-2H3/b17-15-,18-16-,23-21-,24-22-. The Kier molecular flexibility index (Phi) is 46.8. The number of carbonyl (C=O) groups excluding carboxylic acids is 2. The molecule has 0 aromatic heterocycles. The average Bonchev–Trinajstić information content (AvgIpc) is 3.52. The highest BCUT2D eigenvalue weighted by atomic mass is 16.7. The highest BCUT2D eigenvalue weighted by Gasteiger charge is 2.47. The molecule has 0 aromatic rings. The van der Waals surface area contributed by atoms with Gasteiger partial charge in [-0.1, -0.05) is 217 Å². The molecule has 0 aliphatic carbocycles. The van der Waals surface area contributed by atoms with Crippen molar-refractivity contribution in [2.24, 2.45) is 0 Å². The summed E-state index contributed by atoms with van der Waals surface area (Å²) in [6.07, 6.45) is 44.1. The lowest BCUT2D eigenvalue weighted by Gasteiger charge is -2.42. The van der Waals surface area contributed by atoms with Crippen LogP contribution in [0.25, 0.3) is 0 Å². The third-order valence-electron chi connectivity index (χ3n) is 15.3. The van der Waals surface area contributed by atoms with Crippen LogP contribution in [0.4, 0.5) is 0 Å². The van der Waals surface area contributed by atoms with Crippen LogP contribution in [0.3, 0.4) is 0 Å². The summed E-state index contributed by atoms with van der Waals surface area (Å²) < 4.78 is 33.8. The molecule has 0 amide bonds. The van der Waals surface area contributed by atoms with Crippen LogP contribution in [0.5, 0.6) is 0 Å². The Hall–Kier alpha value is -2.54. The molecule has 0 aromatic carbocycles. The molecule has 466 valence electrons. The van der Waals surface area contributed by atoms with Crippen molar-refractivity contribution >= 4 is 11.9 Å². The molecular weight excluding hydrogens is 1020 g/mol. The van der Waals surface area contributed by atoms with Crippen molar-refractivity contribution in [2.45, 2.75) is 325 Å². The molecule has 7 N–H and O–H groups in total. The molecule has 15 nitrogen and oxygen atoms in total. The molecule has 11 unspecified atom stereocenters. The van der Waals surface area contributed by atoms with E-state index in [0.717, 1.165) is 64.2 Å². The van der Waals surface area contributed by atoms with Gasteiger partial charge in [-0.05, 0) is 77.0 Å². The van der Waals surface area contributed by atoms with Crippen LogP contribution in [0, 0.1) is 0 Å². The maximum absolute atomic E-state index is 13.1. The number of aliphatic hydroxyl groups excluding tert-OH is 7. The third kappa shape index (κ3) is 36.9. The van der Waals surface area contributed by atoms with E-state index in [9.17, 15) is 45.3 Å². The van der Waals surface area contributed by atoms with Gasteiger partial charge in [0.25, 0.3) is 0 Å². The Morgan fingerprint density at radius 3 is 1.16 bits per heavy atom. The second-order valence-corrected chi connectivity index (χ2v) is 22.6. The Balaban J connectivity index is 1.71. The highest BCUT2D eigenvalue weighted by molar-refractivity contribution is 5.70. The fourth-order valence-electron chi connectivity index (χ4n) is 10.0.